The zero-order chi connectivity index (χ0) is 30.1. The van der Waals surface area contributed by atoms with Crippen molar-refractivity contribution in [2.45, 2.75) is 57.9 Å². The third-order valence-corrected chi connectivity index (χ3v) is 9.03. The van der Waals surface area contributed by atoms with Crippen molar-refractivity contribution in [3.05, 3.63) is 89.5 Å². The van der Waals surface area contributed by atoms with Crippen molar-refractivity contribution in [3.8, 4) is 11.5 Å². The van der Waals surface area contributed by atoms with E-state index < -0.39 is 22.9 Å². The highest BCUT2D eigenvalue weighted by molar-refractivity contribution is 8.25. The minimum absolute atomic E-state index is 0.138. The summed E-state index contributed by atoms with van der Waals surface area (Å²) in [6.07, 6.45) is 0.959. The number of nitrogens with zero attached hydrogens (tertiary/aromatic N) is 1. The molecule has 2 atom stereocenters. The smallest absolute Gasteiger partial charge is 0.251 e. The topological polar surface area (TPSA) is 124 Å². The Labute approximate surface area is 250 Å². The number of aliphatic hydroxyl groups is 1. The highest BCUT2D eigenvalue weighted by Gasteiger charge is 2.29. The molecule has 0 spiro atoms. The number of hydrogen-bond donors (Lipinski definition) is 5. The lowest BCUT2D eigenvalue weighted by Gasteiger charge is -2.47. The van der Waals surface area contributed by atoms with Gasteiger partial charge in [-0.05, 0) is 68.5 Å². The number of carbonyl (C=O) groups excluding carboxylic acids is 1. The zero-order valence-electron chi connectivity index (χ0n) is 24.5. The SMILES string of the molecule is COc1cccc(CNC[C@H](O)[C@H](Cc2ccccc2)NC(=O)c2cc(OC(C)C)cc(N3CCCCS3(O)O)c2)c1. The van der Waals surface area contributed by atoms with Crippen molar-refractivity contribution in [2.75, 3.05) is 30.3 Å². The lowest BCUT2D eigenvalue weighted by Crippen LogP contribution is -2.48. The molecule has 0 bridgehead atoms. The van der Waals surface area contributed by atoms with Crippen LogP contribution in [0.25, 0.3) is 0 Å². The van der Waals surface area contributed by atoms with Crippen LogP contribution >= 0.6 is 10.8 Å². The summed E-state index contributed by atoms with van der Waals surface area (Å²) in [5.41, 5.74) is 2.84. The average Bonchev–Trinajstić information content (AvgIpc) is 2.96. The van der Waals surface area contributed by atoms with E-state index in [0.29, 0.717) is 36.5 Å². The number of ether oxygens (including phenoxy) is 2. The van der Waals surface area contributed by atoms with E-state index in [4.69, 9.17) is 9.47 Å². The third-order valence-electron chi connectivity index (χ3n) is 7.09. The molecule has 3 aromatic carbocycles. The zero-order valence-corrected chi connectivity index (χ0v) is 25.3. The molecule has 228 valence electrons. The first-order valence-electron chi connectivity index (χ1n) is 14.4. The van der Waals surface area contributed by atoms with E-state index in [1.807, 2.05) is 68.4 Å². The number of nitrogens with one attached hydrogen (secondary N) is 2. The molecule has 0 aromatic heterocycles. The molecule has 1 amide bonds. The summed E-state index contributed by atoms with van der Waals surface area (Å²) >= 11 is 0. The molecular formula is C32H43N3O6S. The molecule has 3 aromatic rings. The molecule has 9 nitrogen and oxygen atoms in total. The molecule has 4 rings (SSSR count). The van der Waals surface area contributed by atoms with Crippen LogP contribution in [-0.4, -0.2) is 64.3 Å². The van der Waals surface area contributed by atoms with Gasteiger partial charge in [-0.25, -0.2) is 0 Å². The Kier molecular flexibility index (Phi) is 11.1. The van der Waals surface area contributed by atoms with Crippen molar-refractivity contribution < 1.29 is 28.5 Å². The first-order chi connectivity index (χ1) is 20.1. The van der Waals surface area contributed by atoms with Gasteiger partial charge in [0.25, 0.3) is 5.91 Å². The van der Waals surface area contributed by atoms with Gasteiger partial charge in [-0.3, -0.25) is 18.2 Å². The minimum Gasteiger partial charge on any atom is -0.497 e. The monoisotopic (exact) mass is 597 g/mol. The van der Waals surface area contributed by atoms with Gasteiger partial charge < -0.3 is 25.2 Å². The van der Waals surface area contributed by atoms with E-state index in [-0.39, 0.29) is 24.3 Å². The van der Waals surface area contributed by atoms with Gasteiger partial charge in [-0.15, -0.1) is 10.8 Å². The number of methoxy groups -OCH3 is 1. The summed E-state index contributed by atoms with van der Waals surface area (Å²) in [6, 6.07) is 21.9. The lowest BCUT2D eigenvalue weighted by molar-refractivity contribution is 0.0829. The number of rotatable bonds is 13. The predicted octanol–water partition coefficient (Wildman–Crippen LogP) is 5.24. The average molecular weight is 598 g/mol. The second-order valence-electron chi connectivity index (χ2n) is 10.8. The molecule has 1 aliphatic rings. The van der Waals surface area contributed by atoms with Gasteiger partial charge in [0.05, 0.1) is 36.8 Å². The summed E-state index contributed by atoms with van der Waals surface area (Å²) in [5, 5.41) is 17.6. The molecule has 42 heavy (non-hydrogen) atoms. The van der Waals surface area contributed by atoms with Crippen molar-refractivity contribution in [3.63, 3.8) is 0 Å². The number of amides is 1. The van der Waals surface area contributed by atoms with E-state index in [2.05, 4.69) is 10.6 Å². The molecule has 0 saturated carbocycles. The molecule has 1 heterocycles. The fourth-order valence-corrected chi connectivity index (χ4v) is 6.67. The van der Waals surface area contributed by atoms with Gasteiger partial charge in [-0.1, -0.05) is 42.5 Å². The van der Waals surface area contributed by atoms with Crippen LogP contribution in [0.4, 0.5) is 5.69 Å². The van der Waals surface area contributed by atoms with Gasteiger partial charge in [0.1, 0.15) is 11.5 Å². The summed E-state index contributed by atoms with van der Waals surface area (Å²) in [5.74, 6) is 1.14. The second-order valence-corrected chi connectivity index (χ2v) is 13.0. The van der Waals surface area contributed by atoms with Gasteiger partial charge in [0.15, 0.2) is 0 Å². The summed E-state index contributed by atoms with van der Waals surface area (Å²) in [6.45, 7) is 5.05. The fourth-order valence-electron chi connectivity index (χ4n) is 5.00. The van der Waals surface area contributed by atoms with Crippen LogP contribution in [0.1, 0.15) is 48.2 Å². The van der Waals surface area contributed by atoms with E-state index in [9.17, 15) is 19.0 Å². The maximum atomic E-state index is 13.7. The molecule has 1 fully saturated rings. The maximum Gasteiger partial charge on any atom is 0.251 e. The minimum atomic E-state index is -2.99. The first kappa shape index (κ1) is 31.7. The Morgan fingerprint density at radius 3 is 2.45 bits per heavy atom. The van der Waals surface area contributed by atoms with Gasteiger partial charge in [0.2, 0.25) is 0 Å². The number of carbonyl (C=O) groups is 1. The van der Waals surface area contributed by atoms with Crippen molar-refractivity contribution in [1.82, 2.24) is 10.6 Å². The van der Waals surface area contributed by atoms with Crippen molar-refractivity contribution in [2.24, 2.45) is 0 Å². The molecule has 5 N–H and O–H groups in total. The van der Waals surface area contributed by atoms with E-state index >= 15 is 0 Å². The Bertz CT molecular complexity index is 1310. The fraction of sp³-hybridized carbons (Fsp3) is 0.406. The van der Waals surface area contributed by atoms with E-state index in [0.717, 1.165) is 29.7 Å². The van der Waals surface area contributed by atoms with E-state index in [1.54, 1.807) is 29.6 Å². The molecule has 0 aliphatic carbocycles. The predicted molar refractivity (Wildman–Crippen MR) is 169 cm³/mol. The molecule has 0 unspecified atom stereocenters. The van der Waals surface area contributed by atoms with Gasteiger partial charge >= 0.3 is 0 Å². The number of aliphatic hydroxyl groups excluding tert-OH is 1. The van der Waals surface area contributed by atoms with Crippen LogP contribution in [0.15, 0.2) is 72.8 Å². The van der Waals surface area contributed by atoms with Crippen LogP contribution in [0.5, 0.6) is 11.5 Å². The van der Waals surface area contributed by atoms with Crippen LogP contribution in [0.2, 0.25) is 0 Å². The van der Waals surface area contributed by atoms with Crippen LogP contribution < -0.4 is 24.4 Å². The number of anilines is 1. The normalized spacial score (nSPS) is 16.9. The summed E-state index contributed by atoms with van der Waals surface area (Å²) in [7, 11) is -1.37. The molecule has 10 heteroatoms. The standard InChI is InChI=1S/C32H43N3O6S/c1-23(2)41-29-19-26(18-27(20-29)35-14-7-8-15-42(35,38)39)32(37)34-30(17-24-10-5-4-6-11-24)31(36)22-33-21-25-12-9-13-28(16-25)40-3/h4-6,9-13,16,18-20,23,30-31,33,36,38-39H,7-8,14-15,17,21-22H2,1-3H3,(H,34,37)/t30-,31-/m0/s1. The van der Waals surface area contributed by atoms with Crippen LogP contribution in [0, 0.1) is 0 Å². The van der Waals surface area contributed by atoms with Gasteiger partial charge in [-0.2, -0.15) is 0 Å². The molecular weight excluding hydrogens is 554 g/mol. The lowest BCUT2D eigenvalue weighted by atomic mass is 10.00. The quantitative estimate of drug-likeness (QED) is 0.181. The number of benzene rings is 3. The maximum absolute atomic E-state index is 13.7. The number of hydrogen-bond acceptors (Lipinski definition) is 8. The molecule has 1 aliphatic heterocycles. The first-order valence-corrected chi connectivity index (χ1v) is 16.0. The van der Waals surface area contributed by atoms with E-state index in [1.165, 1.54) is 0 Å². The molecule has 1 saturated heterocycles. The summed E-state index contributed by atoms with van der Waals surface area (Å²) < 4.78 is 34.3. The Morgan fingerprint density at radius 1 is 0.976 bits per heavy atom. The van der Waals surface area contributed by atoms with Gasteiger partial charge in [0, 0.05) is 31.3 Å². The highest BCUT2D eigenvalue weighted by atomic mass is 32.3. The summed E-state index contributed by atoms with van der Waals surface area (Å²) in [4.78, 5) is 13.7. The Balaban J connectivity index is 1.54. The Hall–Kier alpha value is -3.28. The van der Waals surface area contributed by atoms with Crippen LogP contribution in [-0.2, 0) is 13.0 Å². The van der Waals surface area contributed by atoms with Crippen LogP contribution in [0.3, 0.4) is 0 Å². The Morgan fingerprint density at radius 2 is 1.74 bits per heavy atom. The largest absolute Gasteiger partial charge is 0.497 e. The second kappa shape index (κ2) is 14.8. The third kappa shape index (κ3) is 8.86. The van der Waals surface area contributed by atoms with Crippen molar-refractivity contribution in [1.29, 1.82) is 0 Å². The highest BCUT2D eigenvalue weighted by Crippen LogP contribution is 2.50. The molecule has 0 radical (unpaired) electrons. The van der Waals surface area contributed by atoms with Crippen molar-refractivity contribution >= 4 is 22.4 Å².